The highest BCUT2D eigenvalue weighted by Crippen LogP contribution is 1.99. The van der Waals surface area contributed by atoms with Crippen molar-refractivity contribution in [2.75, 3.05) is 19.7 Å². The van der Waals surface area contributed by atoms with Crippen LogP contribution in [0.3, 0.4) is 0 Å². The van der Waals surface area contributed by atoms with Gasteiger partial charge in [0.15, 0.2) is 5.76 Å². The van der Waals surface area contributed by atoms with Crippen LogP contribution in [0, 0.1) is 0 Å². The van der Waals surface area contributed by atoms with E-state index >= 15 is 0 Å². The van der Waals surface area contributed by atoms with Crippen LogP contribution in [0.15, 0.2) is 22.8 Å². The van der Waals surface area contributed by atoms with Gasteiger partial charge in [0.2, 0.25) is 5.78 Å². The average molecular weight is 169 g/mol. The normalized spacial score (nSPS) is 10.1. The van der Waals surface area contributed by atoms with Crippen molar-refractivity contribution < 1.29 is 14.3 Å². The summed E-state index contributed by atoms with van der Waals surface area (Å²) in [5, 5.41) is 11.2. The molecule has 4 nitrogen and oxygen atoms in total. The number of Topliss-reactive ketones (excluding diaryl/α,β-unsaturated/α-hetero) is 1. The fraction of sp³-hybridized carbons (Fsp3) is 0.375. The van der Waals surface area contributed by atoms with E-state index in [2.05, 4.69) is 5.32 Å². The first-order chi connectivity index (χ1) is 5.84. The van der Waals surface area contributed by atoms with Gasteiger partial charge in [0, 0.05) is 6.54 Å². The summed E-state index contributed by atoms with van der Waals surface area (Å²) in [6.07, 6.45) is 1.46. The molecule has 0 aliphatic rings. The number of furan rings is 1. The van der Waals surface area contributed by atoms with Crippen LogP contribution in [0.5, 0.6) is 0 Å². The van der Waals surface area contributed by atoms with E-state index in [9.17, 15) is 4.79 Å². The molecule has 4 heteroatoms. The van der Waals surface area contributed by atoms with Crippen molar-refractivity contribution in [2.45, 2.75) is 0 Å². The van der Waals surface area contributed by atoms with E-state index in [1.807, 2.05) is 0 Å². The molecule has 0 saturated carbocycles. The lowest BCUT2D eigenvalue weighted by atomic mass is 10.3. The van der Waals surface area contributed by atoms with Crippen molar-refractivity contribution in [1.29, 1.82) is 0 Å². The van der Waals surface area contributed by atoms with Crippen molar-refractivity contribution in [3.8, 4) is 0 Å². The van der Waals surface area contributed by atoms with Gasteiger partial charge < -0.3 is 14.8 Å². The van der Waals surface area contributed by atoms with Crippen molar-refractivity contribution in [2.24, 2.45) is 0 Å². The van der Waals surface area contributed by atoms with E-state index in [0.717, 1.165) is 0 Å². The topological polar surface area (TPSA) is 62.5 Å². The van der Waals surface area contributed by atoms with E-state index in [0.29, 0.717) is 12.3 Å². The number of hydrogen-bond acceptors (Lipinski definition) is 4. The summed E-state index contributed by atoms with van der Waals surface area (Å²) in [4.78, 5) is 11.1. The van der Waals surface area contributed by atoms with Gasteiger partial charge in [-0.15, -0.1) is 0 Å². The Bertz CT molecular complexity index is 230. The molecule has 0 amide bonds. The maximum atomic E-state index is 11.1. The zero-order chi connectivity index (χ0) is 8.81. The zero-order valence-electron chi connectivity index (χ0n) is 6.62. The van der Waals surface area contributed by atoms with Gasteiger partial charge in [0.25, 0.3) is 0 Å². The number of hydrogen-bond donors (Lipinski definition) is 2. The quantitative estimate of drug-likeness (QED) is 0.482. The van der Waals surface area contributed by atoms with E-state index in [4.69, 9.17) is 9.52 Å². The minimum atomic E-state index is -0.103. The Labute approximate surface area is 70.2 Å². The third-order valence-corrected chi connectivity index (χ3v) is 1.37. The summed E-state index contributed by atoms with van der Waals surface area (Å²) in [6.45, 7) is 0.659. The Morgan fingerprint density at radius 1 is 1.67 bits per heavy atom. The molecule has 0 bridgehead atoms. The van der Waals surface area contributed by atoms with Gasteiger partial charge in [0.1, 0.15) is 0 Å². The summed E-state index contributed by atoms with van der Waals surface area (Å²) in [5.74, 6) is 0.244. The largest absolute Gasteiger partial charge is 0.461 e. The Hall–Kier alpha value is -1.13. The molecule has 1 aromatic rings. The first kappa shape index (κ1) is 8.96. The minimum Gasteiger partial charge on any atom is -0.461 e. The smallest absolute Gasteiger partial charge is 0.211 e. The number of carbonyl (C=O) groups excluding carboxylic acids is 1. The van der Waals surface area contributed by atoms with Crippen molar-refractivity contribution in [3.05, 3.63) is 24.2 Å². The molecule has 1 heterocycles. The predicted octanol–water partition coefficient (Wildman–Crippen LogP) is 0.0442. The summed E-state index contributed by atoms with van der Waals surface area (Å²) < 4.78 is 4.87. The van der Waals surface area contributed by atoms with Gasteiger partial charge in [-0.25, -0.2) is 0 Å². The molecule has 1 rings (SSSR count). The Morgan fingerprint density at radius 3 is 3.08 bits per heavy atom. The maximum absolute atomic E-state index is 11.1. The molecule has 0 aromatic carbocycles. The number of nitrogens with one attached hydrogen (secondary N) is 1. The van der Waals surface area contributed by atoms with E-state index in [-0.39, 0.29) is 18.9 Å². The number of carbonyl (C=O) groups is 1. The third kappa shape index (κ3) is 2.48. The second kappa shape index (κ2) is 4.69. The molecule has 0 atom stereocenters. The first-order valence-electron chi connectivity index (χ1n) is 3.73. The van der Waals surface area contributed by atoms with Gasteiger partial charge >= 0.3 is 0 Å². The Balaban J connectivity index is 2.30. The second-order valence-electron chi connectivity index (χ2n) is 2.30. The molecule has 0 saturated heterocycles. The number of aliphatic hydroxyl groups is 1. The highest BCUT2D eigenvalue weighted by atomic mass is 16.3. The van der Waals surface area contributed by atoms with E-state index in [1.54, 1.807) is 12.1 Å². The zero-order valence-corrected chi connectivity index (χ0v) is 6.62. The highest BCUT2D eigenvalue weighted by Gasteiger charge is 2.06. The summed E-state index contributed by atoms with van der Waals surface area (Å²) in [7, 11) is 0. The number of aliphatic hydroxyl groups excluding tert-OH is 1. The molecular weight excluding hydrogens is 158 g/mol. The molecular formula is C8H11NO3. The monoisotopic (exact) mass is 169 g/mol. The van der Waals surface area contributed by atoms with Gasteiger partial charge in [-0.2, -0.15) is 0 Å². The summed E-state index contributed by atoms with van der Waals surface area (Å²) in [6, 6.07) is 3.28. The van der Waals surface area contributed by atoms with Gasteiger partial charge in [-0.1, -0.05) is 0 Å². The van der Waals surface area contributed by atoms with Crippen molar-refractivity contribution >= 4 is 5.78 Å². The van der Waals surface area contributed by atoms with Crippen LogP contribution in [0.4, 0.5) is 0 Å². The van der Waals surface area contributed by atoms with Crippen molar-refractivity contribution in [1.82, 2.24) is 5.32 Å². The van der Waals surface area contributed by atoms with Gasteiger partial charge in [-0.3, -0.25) is 4.79 Å². The molecule has 0 fully saturated rings. The molecule has 66 valence electrons. The summed E-state index contributed by atoms with van der Waals surface area (Å²) in [5.41, 5.74) is 0. The molecule has 0 spiro atoms. The Kier molecular flexibility index (Phi) is 3.50. The first-order valence-corrected chi connectivity index (χ1v) is 3.73. The second-order valence-corrected chi connectivity index (χ2v) is 2.30. The van der Waals surface area contributed by atoms with Crippen LogP contribution >= 0.6 is 0 Å². The predicted molar refractivity (Wildman–Crippen MR) is 43.0 cm³/mol. The molecule has 1 aromatic heterocycles. The lowest BCUT2D eigenvalue weighted by Gasteiger charge is -1.98. The lowest BCUT2D eigenvalue weighted by Crippen LogP contribution is -2.25. The SMILES string of the molecule is O=C(CNCCO)c1ccco1. The van der Waals surface area contributed by atoms with Crippen LogP contribution in [0.1, 0.15) is 10.6 Å². The van der Waals surface area contributed by atoms with Crippen LogP contribution in [-0.2, 0) is 0 Å². The molecule has 2 N–H and O–H groups in total. The molecule has 12 heavy (non-hydrogen) atoms. The van der Waals surface area contributed by atoms with Crippen molar-refractivity contribution in [3.63, 3.8) is 0 Å². The molecule has 0 unspecified atom stereocenters. The fourth-order valence-electron chi connectivity index (χ4n) is 0.805. The minimum absolute atomic E-state index is 0.0332. The fourth-order valence-corrected chi connectivity index (χ4v) is 0.805. The molecule has 0 radical (unpaired) electrons. The van der Waals surface area contributed by atoms with Gasteiger partial charge in [0.05, 0.1) is 19.4 Å². The number of rotatable bonds is 5. The highest BCUT2D eigenvalue weighted by molar-refractivity contribution is 5.94. The third-order valence-electron chi connectivity index (χ3n) is 1.37. The molecule has 0 aliphatic heterocycles. The number of ketones is 1. The maximum Gasteiger partial charge on any atom is 0.211 e. The molecule has 0 aliphatic carbocycles. The average Bonchev–Trinajstić information content (AvgIpc) is 2.56. The lowest BCUT2D eigenvalue weighted by molar-refractivity contribution is 0.0963. The van der Waals surface area contributed by atoms with Crippen LogP contribution < -0.4 is 5.32 Å². The summed E-state index contributed by atoms with van der Waals surface area (Å²) >= 11 is 0. The standard InChI is InChI=1S/C8H11NO3/c10-4-3-9-6-7(11)8-2-1-5-12-8/h1-2,5,9-10H,3-4,6H2. The van der Waals surface area contributed by atoms with Crippen LogP contribution in [0.2, 0.25) is 0 Å². The van der Waals surface area contributed by atoms with Crippen LogP contribution in [-0.4, -0.2) is 30.6 Å². The van der Waals surface area contributed by atoms with E-state index < -0.39 is 0 Å². The van der Waals surface area contributed by atoms with Crippen LogP contribution in [0.25, 0.3) is 0 Å². The Morgan fingerprint density at radius 2 is 2.50 bits per heavy atom. The van der Waals surface area contributed by atoms with E-state index in [1.165, 1.54) is 6.26 Å². The van der Waals surface area contributed by atoms with Gasteiger partial charge in [-0.05, 0) is 12.1 Å².